The van der Waals surface area contributed by atoms with Gasteiger partial charge in [0, 0.05) is 5.56 Å². The predicted octanol–water partition coefficient (Wildman–Crippen LogP) is 4.39. The van der Waals surface area contributed by atoms with Gasteiger partial charge in [0.1, 0.15) is 5.75 Å². The Labute approximate surface area is 114 Å². The van der Waals surface area contributed by atoms with Gasteiger partial charge in [-0.25, -0.2) is 0 Å². The van der Waals surface area contributed by atoms with Gasteiger partial charge in [-0.1, -0.05) is 25.5 Å². The number of hydrogen-bond acceptors (Lipinski definition) is 2. The number of benzene rings is 2. The second-order valence-corrected chi connectivity index (χ2v) is 4.88. The van der Waals surface area contributed by atoms with Crippen molar-refractivity contribution in [1.29, 1.82) is 0 Å². The molecule has 0 saturated heterocycles. The average molecular weight is 256 g/mol. The average Bonchev–Trinajstić information content (AvgIpc) is 2.43. The third-order valence-electron chi connectivity index (χ3n) is 3.45. The van der Waals surface area contributed by atoms with E-state index in [1.54, 1.807) is 14.0 Å². The van der Waals surface area contributed by atoms with Gasteiger partial charge in [-0.2, -0.15) is 0 Å². The summed E-state index contributed by atoms with van der Waals surface area (Å²) < 4.78 is 5.23. The van der Waals surface area contributed by atoms with Crippen molar-refractivity contribution in [2.45, 2.75) is 33.1 Å². The van der Waals surface area contributed by atoms with Crippen molar-refractivity contribution in [2.75, 3.05) is 7.11 Å². The van der Waals surface area contributed by atoms with Gasteiger partial charge >= 0.3 is 0 Å². The largest absolute Gasteiger partial charge is 0.497 e. The second-order valence-electron chi connectivity index (χ2n) is 4.88. The number of unbranched alkanes of at least 4 members (excludes halogenated alkanes) is 1. The number of methoxy groups -OCH3 is 1. The summed E-state index contributed by atoms with van der Waals surface area (Å²) in [6.07, 6.45) is 3.22. The van der Waals surface area contributed by atoms with E-state index in [-0.39, 0.29) is 5.78 Å². The Balaban J connectivity index is 2.55. The number of hydrogen-bond donors (Lipinski definition) is 0. The lowest BCUT2D eigenvalue weighted by Gasteiger charge is -2.10. The number of rotatable bonds is 5. The topological polar surface area (TPSA) is 26.3 Å². The van der Waals surface area contributed by atoms with Gasteiger partial charge in [0.15, 0.2) is 5.78 Å². The van der Waals surface area contributed by atoms with Crippen LogP contribution in [0.2, 0.25) is 0 Å². The Morgan fingerprint density at radius 3 is 2.58 bits per heavy atom. The van der Waals surface area contributed by atoms with Crippen LogP contribution in [-0.4, -0.2) is 12.9 Å². The summed E-state index contributed by atoms with van der Waals surface area (Å²) in [5, 5.41) is 2.22. The Bertz CT molecular complexity index is 599. The van der Waals surface area contributed by atoms with Gasteiger partial charge in [0.2, 0.25) is 0 Å². The number of carbonyl (C=O) groups excluding carboxylic acids is 1. The lowest BCUT2D eigenvalue weighted by atomic mass is 9.95. The molecule has 100 valence electrons. The first-order valence-corrected chi connectivity index (χ1v) is 6.77. The molecular formula is C17H20O2. The van der Waals surface area contributed by atoms with Crippen molar-refractivity contribution in [3.05, 3.63) is 41.5 Å². The van der Waals surface area contributed by atoms with Crippen LogP contribution in [0.25, 0.3) is 10.8 Å². The van der Waals surface area contributed by atoms with E-state index in [9.17, 15) is 4.79 Å². The zero-order valence-corrected chi connectivity index (χ0v) is 11.8. The third kappa shape index (κ3) is 2.95. The van der Waals surface area contributed by atoms with Crippen molar-refractivity contribution in [3.8, 4) is 5.75 Å². The Morgan fingerprint density at radius 1 is 1.16 bits per heavy atom. The first-order chi connectivity index (χ1) is 9.15. The second kappa shape index (κ2) is 5.87. The van der Waals surface area contributed by atoms with Crippen LogP contribution in [0.3, 0.4) is 0 Å². The van der Waals surface area contributed by atoms with E-state index in [2.05, 4.69) is 13.0 Å². The molecule has 0 aliphatic heterocycles. The maximum Gasteiger partial charge on any atom is 0.160 e. The molecule has 0 fully saturated rings. The lowest BCUT2D eigenvalue weighted by molar-refractivity contribution is 0.101. The summed E-state index contributed by atoms with van der Waals surface area (Å²) in [5.41, 5.74) is 2.00. The summed E-state index contributed by atoms with van der Waals surface area (Å²) in [7, 11) is 1.66. The molecule has 0 spiro atoms. The van der Waals surface area contributed by atoms with Crippen molar-refractivity contribution in [3.63, 3.8) is 0 Å². The van der Waals surface area contributed by atoms with Crippen LogP contribution in [0.15, 0.2) is 30.3 Å². The molecular weight excluding hydrogens is 236 g/mol. The quantitative estimate of drug-likeness (QED) is 0.741. The Morgan fingerprint density at radius 2 is 1.95 bits per heavy atom. The van der Waals surface area contributed by atoms with Gasteiger partial charge in [-0.3, -0.25) is 4.79 Å². The van der Waals surface area contributed by atoms with Crippen LogP contribution in [-0.2, 0) is 6.42 Å². The van der Waals surface area contributed by atoms with Gasteiger partial charge < -0.3 is 4.74 Å². The molecule has 0 saturated carbocycles. The van der Waals surface area contributed by atoms with Crippen molar-refractivity contribution < 1.29 is 9.53 Å². The highest BCUT2D eigenvalue weighted by molar-refractivity contribution is 6.00. The van der Waals surface area contributed by atoms with Crippen molar-refractivity contribution >= 4 is 16.6 Å². The van der Waals surface area contributed by atoms with Crippen LogP contribution in [0, 0.1) is 0 Å². The fourth-order valence-electron chi connectivity index (χ4n) is 2.35. The molecule has 0 heterocycles. The molecule has 19 heavy (non-hydrogen) atoms. The summed E-state index contributed by atoms with van der Waals surface area (Å²) in [6, 6.07) is 10.1. The van der Waals surface area contributed by atoms with E-state index in [1.165, 1.54) is 0 Å². The lowest BCUT2D eigenvalue weighted by Crippen LogP contribution is -2.00. The molecule has 0 unspecified atom stereocenters. The maximum atomic E-state index is 11.8. The zero-order valence-electron chi connectivity index (χ0n) is 11.8. The number of ether oxygens (including phenoxy) is 1. The van der Waals surface area contributed by atoms with Crippen molar-refractivity contribution in [1.82, 2.24) is 0 Å². The molecule has 0 amide bonds. The van der Waals surface area contributed by atoms with E-state index in [1.807, 2.05) is 24.3 Å². The van der Waals surface area contributed by atoms with Crippen LogP contribution in [0.1, 0.15) is 42.6 Å². The minimum atomic E-state index is 0.135. The molecule has 2 aromatic carbocycles. The molecule has 0 N–H and O–H groups in total. The predicted molar refractivity (Wildman–Crippen MR) is 79.1 cm³/mol. The highest BCUT2D eigenvalue weighted by Gasteiger charge is 2.09. The van der Waals surface area contributed by atoms with Gasteiger partial charge in [-0.05, 0) is 54.3 Å². The Hall–Kier alpha value is -1.83. The molecule has 0 atom stereocenters. The normalized spacial score (nSPS) is 10.7. The van der Waals surface area contributed by atoms with Gasteiger partial charge in [0.05, 0.1) is 7.11 Å². The van der Waals surface area contributed by atoms with E-state index >= 15 is 0 Å². The fourth-order valence-corrected chi connectivity index (χ4v) is 2.35. The van der Waals surface area contributed by atoms with Gasteiger partial charge in [0.25, 0.3) is 0 Å². The van der Waals surface area contributed by atoms with Crippen molar-refractivity contribution in [2.24, 2.45) is 0 Å². The molecule has 0 radical (unpaired) electrons. The Kier molecular flexibility index (Phi) is 4.20. The minimum absolute atomic E-state index is 0.135. The molecule has 0 aliphatic carbocycles. The van der Waals surface area contributed by atoms with E-state index in [4.69, 9.17) is 4.74 Å². The monoisotopic (exact) mass is 256 g/mol. The third-order valence-corrected chi connectivity index (χ3v) is 3.45. The minimum Gasteiger partial charge on any atom is -0.497 e. The summed E-state index contributed by atoms with van der Waals surface area (Å²) in [4.78, 5) is 11.8. The standard InChI is InChI=1S/C17H20O2/c1-4-5-6-14-9-13-7-8-16(19-3)10-15(13)11-17(14)12(2)18/h7-11H,4-6H2,1-3H3. The summed E-state index contributed by atoms with van der Waals surface area (Å²) in [5.74, 6) is 0.958. The van der Waals surface area contributed by atoms with E-state index in [0.717, 1.165) is 46.9 Å². The van der Waals surface area contributed by atoms with Crippen LogP contribution >= 0.6 is 0 Å². The van der Waals surface area contributed by atoms with Crippen LogP contribution in [0.4, 0.5) is 0 Å². The fraction of sp³-hybridized carbons (Fsp3) is 0.353. The number of aryl methyl sites for hydroxylation is 1. The van der Waals surface area contributed by atoms with E-state index in [0.29, 0.717) is 0 Å². The van der Waals surface area contributed by atoms with Crippen LogP contribution < -0.4 is 4.74 Å². The molecule has 0 bridgehead atoms. The van der Waals surface area contributed by atoms with Crippen LogP contribution in [0.5, 0.6) is 5.75 Å². The van der Waals surface area contributed by atoms with Gasteiger partial charge in [-0.15, -0.1) is 0 Å². The smallest absolute Gasteiger partial charge is 0.160 e. The highest BCUT2D eigenvalue weighted by atomic mass is 16.5. The molecule has 2 aromatic rings. The number of carbonyl (C=O) groups is 1. The SMILES string of the molecule is CCCCc1cc2ccc(OC)cc2cc1C(C)=O. The number of Topliss-reactive ketones (excluding diaryl/α,β-unsaturated/α-hetero) is 1. The first kappa shape index (κ1) is 13.6. The molecule has 0 aromatic heterocycles. The molecule has 0 aliphatic rings. The molecule has 2 heteroatoms. The summed E-state index contributed by atoms with van der Waals surface area (Å²) in [6.45, 7) is 3.80. The summed E-state index contributed by atoms with van der Waals surface area (Å²) >= 11 is 0. The number of ketones is 1. The maximum absolute atomic E-state index is 11.8. The zero-order chi connectivity index (χ0) is 13.8. The number of fused-ring (bicyclic) bond motifs is 1. The molecule has 2 nitrogen and oxygen atoms in total. The first-order valence-electron chi connectivity index (χ1n) is 6.77. The molecule has 2 rings (SSSR count). The highest BCUT2D eigenvalue weighted by Crippen LogP contribution is 2.25. The van der Waals surface area contributed by atoms with E-state index < -0.39 is 0 Å².